The highest BCUT2D eigenvalue weighted by Crippen LogP contribution is 2.38. The van der Waals surface area contributed by atoms with Gasteiger partial charge in [-0.2, -0.15) is 10.2 Å². The third-order valence-electron chi connectivity index (χ3n) is 6.00. The lowest BCUT2D eigenvalue weighted by molar-refractivity contribution is 0.241. The van der Waals surface area contributed by atoms with Gasteiger partial charge >= 0.3 is 0 Å². The molecule has 8 nitrogen and oxygen atoms in total. The summed E-state index contributed by atoms with van der Waals surface area (Å²) in [5.41, 5.74) is 3.69. The van der Waals surface area contributed by atoms with E-state index in [1.165, 1.54) is 0 Å². The number of hydrogen-bond acceptors (Lipinski definition) is 7. The van der Waals surface area contributed by atoms with Gasteiger partial charge in [-0.05, 0) is 68.1 Å². The zero-order valence-corrected chi connectivity index (χ0v) is 20.6. The monoisotopic (exact) mass is 500 g/mol. The predicted octanol–water partition coefficient (Wildman–Crippen LogP) is 5.03. The molecule has 1 N–H and O–H groups in total. The molecular formula is C27H24N4O4S. The first-order valence-electron chi connectivity index (χ1n) is 11.6. The second-order valence-electron chi connectivity index (χ2n) is 8.81. The lowest BCUT2D eigenvalue weighted by Crippen LogP contribution is -2.27. The Kier molecular flexibility index (Phi) is 6.31. The molecule has 0 radical (unpaired) electrons. The van der Waals surface area contributed by atoms with Crippen LogP contribution in [0.1, 0.15) is 43.0 Å². The van der Waals surface area contributed by atoms with E-state index in [1.54, 1.807) is 48.5 Å². The maximum atomic E-state index is 12.9. The molecular weight excluding hydrogens is 476 g/mol. The van der Waals surface area contributed by atoms with Gasteiger partial charge in [0.2, 0.25) is 15.8 Å². The van der Waals surface area contributed by atoms with E-state index in [4.69, 9.17) is 9.26 Å². The van der Waals surface area contributed by atoms with Crippen LogP contribution in [0.5, 0.6) is 5.75 Å². The standard InChI is InChI=1S/C27H24N4O4S/c1-17(2)34-25-14-11-18(15-19(25)16-28)27-29-26(30-35-27)23-10-6-9-22-21(23)12-13-24(22)31-36(32,33)20-7-4-3-5-8-20/h3-11,14-15,17,24,31H,12-13H2,1-2H3/t24-/m0/s1. The molecule has 0 saturated carbocycles. The van der Waals surface area contributed by atoms with Crippen LogP contribution in [0.2, 0.25) is 0 Å². The lowest BCUT2D eigenvalue weighted by Gasteiger charge is -2.15. The fraction of sp³-hybridized carbons (Fsp3) is 0.222. The van der Waals surface area contributed by atoms with Crippen LogP contribution in [0.15, 0.2) is 76.1 Å². The number of hydrogen-bond donors (Lipinski definition) is 1. The van der Waals surface area contributed by atoms with Gasteiger partial charge in [0, 0.05) is 17.2 Å². The third kappa shape index (κ3) is 4.61. The number of nitrogens with one attached hydrogen (secondary N) is 1. The number of benzene rings is 3. The summed E-state index contributed by atoms with van der Waals surface area (Å²) < 4.78 is 39.8. The summed E-state index contributed by atoms with van der Waals surface area (Å²) in [5, 5.41) is 13.7. The van der Waals surface area contributed by atoms with Gasteiger partial charge in [-0.25, -0.2) is 13.1 Å². The van der Waals surface area contributed by atoms with Crippen LogP contribution in [0, 0.1) is 11.3 Å². The van der Waals surface area contributed by atoms with Gasteiger partial charge in [0.25, 0.3) is 5.89 Å². The number of rotatable bonds is 7. The fourth-order valence-electron chi connectivity index (χ4n) is 4.40. The molecule has 0 aliphatic heterocycles. The molecule has 1 heterocycles. The van der Waals surface area contributed by atoms with Crippen molar-refractivity contribution in [3.05, 3.63) is 83.4 Å². The summed E-state index contributed by atoms with van der Waals surface area (Å²) in [6.45, 7) is 3.80. The normalized spacial score (nSPS) is 15.0. The first-order chi connectivity index (χ1) is 17.4. The van der Waals surface area contributed by atoms with Crippen molar-refractivity contribution in [2.75, 3.05) is 0 Å². The van der Waals surface area contributed by atoms with Crippen LogP contribution in [0.25, 0.3) is 22.8 Å². The molecule has 0 saturated heterocycles. The van der Waals surface area contributed by atoms with E-state index in [0.717, 1.165) is 16.7 Å². The van der Waals surface area contributed by atoms with Gasteiger partial charge in [0.15, 0.2) is 0 Å². The van der Waals surface area contributed by atoms with E-state index >= 15 is 0 Å². The molecule has 9 heteroatoms. The number of fused-ring (bicyclic) bond motifs is 1. The van der Waals surface area contributed by atoms with E-state index < -0.39 is 10.0 Å². The molecule has 3 aromatic carbocycles. The van der Waals surface area contributed by atoms with Crippen LogP contribution >= 0.6 is 0 Å². The largest absolute Gasteiger partial charge is 0.490 e. The van der Waals surface area contributed by atoms with Crippen LogP contribution < -0.4 is 9.46 Å². The molecule has 0 fully saturated rings. The molecule has 0 unspecified atom stereocenters. The van der Waals surface area contributed by atoms with Crippen LogP contribution in [0.3, 0.4) is 0 Å². The second-order valence-corrected chi connectivity index (χ2v) is 10.5. The fourth-order valence-corrected chi connectivity index (χ4v) is 5.67. The molecule has 1 atom stereocenters. The van der Waals surface area contributed by atoms with Gasteiger partial charge in [-0.1, -0.05) is 41.6 Å². The Morgan fingerprint density at radius 2 is 1.92 bits per heavy atom. The minimum Gasteiger partial charge on any atom is -0.490 e. The van der Waals surface area contributed by atoms with Gasteiger partial charge < -0.3 is 9.26 Å². The molecule has 0 amide bonds. The molecule has 182 valence electrons. The molecule has 1 aromatic heterocycles. The Morgan fingerprint density at radius 3 is 2.67 bits per heavy atom. The molecule has 4 aromatic rings. The first kappa shape index (κ1) is 23.7. The highest BCUT2D eigenvalue weighted by atomic mass is 32.2. The maximum absolute atomic E-state index is 12.9. The summed E-state index contributed by atoms with van der Waals surface area (Å²) in [4.78, 5) is 4.81. The topological polar surface area (TPSA) is 118 Å². The van der Waals surface area contributed by atoms with Gasteiger partial charge in [-0.3, -0.25) is 0 Å². The van der Waals surface area contributed by atoms with Gasteiger partial charge in [-0.15, -0.1) is 0 Å². The second kappa shape index (κ2) is 9.57. The minimum atomic E-state index is -3.65. The van der Waals surface area contributed by atoms with Gasteiger partial charge in [0.1, 0.15) is 11.8 Å². The smallest absolute Gasteiger partial charge is 0.258 e. The zero-order valence-electron chi connectivity index (χ0n) is 19.8. The van der Waals surface area contributed by atoms with E-state index in [2.05, 4.69) is 20.9 Å². The maximum Gasteiger partial charge on any atom is 0.258 e. The number of nitrogens with zero attached hydrogens (tertiary/aromatic N) is 3. The summed E-state index contributed by atoms with van der Waals surface area (Å²) in [7, 11) is -3.65. The Labute approximate surface area is 209 Å². The zero-order chi connectivity index (χ0) is 25.3. The van der Waals surface area contributed by atoms with E-state index in [-0.39, 0.29) is 22.9 Å². The molecule has 1 aliphatic carbocycles. The molecule has 36 heavy (non-hydrogen) atoms. The van der Waals surface area contributed by atoms with Crippen molar-refractivity contribution in [2.45, 2.75) is 43.7 Å². The highest BCUT2D eigenvalue weighted by Gasteiger charge is 2.30. The SMILES string of the molecule is CC(C)Oc1ccc(-c2nc(-c3cccc4c3CC[C@@H]4NS(=O)(=O)c3ccccc3)no2)cc1C#N. The Balaban J connectivity index is 1.42. The minimum absolute atomic E-state index is 0.0564. The van der Waals surface area contributed by atoms with Crippen molar-refractivity contribution in [3.63, 3.8) is 0 Å². The van der Waals surface area contributed by atoms with Gasteiger partial charge in [0.05, 0.1) is 16.6 Å². The summed E-state index contributed by atoms with van der Waals surface area (Å²) in [6.07, 6.45) is 1.25. The van der Waals surface area contributed by atoms with Crippen LogP contribution in [0.4, 0.5) is 0 Å². The van der Waals surface area contributed by atoms with Crippen LogP contribution in [-0.4, -0.2) is 24.7 Å². The van der Waals surface area contributed by atoms with E-state index in [1.807, 2.05) is 32.0 Å². The van der Waals surface area contributed by atoms with E-state index in [9.17, 15) is 13.7 Å². The van der Waals surface area contributed by atoms with Crippen molar-refractivity contribution >= 4 is 10.0 Å². The average molecular weight is 501 g/mol. The van der Waals surface area contributed by atoms with Crippen LogP contribution in [-0.2, 0) is 16.4 Å². The summed E-state index contributed by atoms with van der Waals surface area (Å²) >= 11 is 0. The van der Waals surface area contributed by atoms with Crippen molar-refractivity contribution < 1.29 is 17.7 Å². The summed E-state index contributed by atoms with van der Waals surface area (Å²) in [5.74, 6) is 1.20. The molecule has 5 rings (SSSR count). The average Bonchev–Trinajstić information content (AvgIpc) is 3.52. The Hall–Kier alpha value is -4.00. The first-order valence-corrected chi connectivity index (χ1v) is 13.1. The van der Waals surface area contributed by atoms with Crippen molar-refractivity contribution in [2.24, 2.45) is 0 Å². The molecule has 1 aliphatic rings. The number of aromatic nitrogens is 2. The van der Waals surface area contributed by atoms with Crippen molar-refractivity contribution in [1.82, 2.24) is 14.9 Å². The Bertz CT molecular complexity index is 1560. The number of sulfonamides is 1. The van der Waals surface area contributed by atoms with Crippen molar-refractivity contribution in [1.29, 1.82) is 5.26 Å². The number of ether oxygens (including phenoxy) is 1. The predicted molar refractivity (Wildman–Crippen MR) is 133 cm³/mol. The molecule has 0 bridgehead atoms. The number of nitriles is 1. The molecule has 0 spiro atoms. The van der Waals surface area contributed by atoms with E-state index in [0.29, 0.717) is 35.5 Å². The van der Waals surface area contributed by atoms with Crippen molar-refractivity contribution in [3.8, 4) is 34.7 Å². The quantitative estimate of drug-likeness (QED) is 0.378. The lowest BCUT2D eigenvalue weighted by atomic mass is 10.0. The Morgan fingerprint density at radius 1 is 1.11 bits per heavy atom. The highest BCUT2D eigenvalue weighted by molar-refractivity contribution is 7.89. The summed E-state index contributed by atoms with van der Waals surface area (Å²) in [6, 6.07) is 21.0. The third-order valence-corrected chi connectivity index (χ3v) is 7.49.